The first-order valence-electron chi connectivity index (χ1n) is 7.37. The van der Waals surface area contributed by atoms with Crippen molar-refractivity contribution in [1.29, 1.82) is 0 Å². The van der Waals surface area contributed by atoms with Crippen molar-refractivity contribution >= 4 is 54.2 Å². The van der Waals surface area contributed by atoms with Gasteiger partial charge in [-0.3, -0.25) is 0 Å². The summed E-state index contributed by atoms with van der Waals surface area (Å²) >= 11 is 0. The van der Waals surface area contributed by atoms with Crippen LogP contribution in [0, 0.1) is 0 Å². The summed E-state index contributed by atoms with van der Waals surface area (Å²) in [5.74, 6) is 0. The minimum Gasteiger partial charge on any atom is -0.416 e. The Labute approximate surface area is 145 Å². The molecule has 23 heavy (non-hydrogen) atoms. The fraction of sp³-hybridized carbons (Fsp3) is 1.00. The molecule has 0 aromatic heterocycles. The van der Waals surface area contributed by atoms with E-state index in [2.05, 4.69) is 0 Å². The van der Waals surface area contributed by atoms with E-state index in [0.717, 1.165) is 0 Å². The molecule has 0 atom stereocenters. The molecule has 0 saturated carbocycles. The molecule has 0 aromatic rings. The molecular weight excluding hydrogens is 409 g/mol. The number of rotatable bonds is 0. The fourth-order valence-corrected chi connectivity index (χ4v) is 28.7. The fourth-order valence-electron chi connectivity index (χ4n) is 2.76. The first kappa shape index (κ1) is 20.4. The molecule has 8 nitrogen and oxygen atoms in total. The minimum atomic E-state index is -3.48. The molecule has 2 fully saturated rings. The summed E-state index contributed by atoms with van der Waals surface area (Å²) in [5.41, 5.74) is 0. The van der Waals surface area contributed by atoms with Crippen molar-refractivity contribution in [3.8, 4) is 0 Å². The summed E-state index contributed by atoms with van der Waals surface area (Å²) in [6, 6.07) is 0. The van der Waals surface area contributed by atoms with E-state index in [4.69, 9.17) is 28.3 Å². The molecule has 2 saturated heterocycles. The van der Waals surface area contributed by atoms with Crippen molar-refractivity contribution in [2.75, 3.05) is 6.26 Å². The zero-order valence-corrected chi connectivity index (χ0v) is 21.0. The molecule has 2 aliphatic rings. The molecule has 2 heterocycles. The Kier molecular flexibility index (Phi) is 5.16. The summed E-state index contributed by atoms with van der Waals surface area (Å²) in [5, 5.41) is 0. The molecule has 2 rings (SSSR count). The van der Waals surface area contributed by atoms with Gasteiger partial charge in [0.05, 0.1) is 10.9 Å². The van der Waals surface area contributed by atoms with E-state index in [-0.39, 0.29) is 0 Å². The van der Waals surface area contributed by atoms with E-state index in [1.807, 2.05) is 52.4 Å². The zero-order chi connectivity index (χ0) is 17.9. The highest BCUT2D eigenvalue weighted by molar-refractivity contribution is 8.21. The van der Waals surface area contributed by atoms with Crippen molar-refractivity contribution in [2.24, 2.45) is 0 Å². The van der Waals surface area contributed by atoms with Crippen LogP contribution in [0.15, 0.2) is 0 Å². The molecular formula is C9H28O8SSi5. The quantitative estimate of drug-likeness (QED) is 0.580. The van der Waals surface area contributed by atoms with Crippen LogP contribution in [0.5, 0.6) is 0 Å². The van der Waals surface area contributed by atoms with Gasteiger partial charge >= 0.3 is 43.3 Å². The van der Waals surface area contributed by atoms with E-state index in [9.17, 15) is 4.55 Å². The highest BCUT2D eigenvalue weighted by Crippen LogP contribution is 2.51. The standard InChI is InChI=1S/C9H28O8SSi5/c1-18(10)11-19(2,3)14-23(15-20(4,5)12-18)16-21(6,7)13-22(8,9)17-23/h10H,1-9H3. The van der Waals surface area contributed by atoms with E-state index >= 15 is 0 Å². The smallest absolute Gasteiger partial charge is 0.416 e. The van der Waals surface area contributed by atoms with Crippen LogP contribution >= 0.6 is 10.9 Å². The maximum absolute atomic E-state index is 10.4. The Hall–Kier alpha value is 1.11. The minimum absolute atomic E-state index is 1.53. The Bertz CT molecular complexity index is 445. The molecule has 0 aliphatic carbocycles. The average molecular weight is 437 g/mol. The molecule has 0 aromatic carbocycles. The lowest BCUT2D eigenvalue weighted by Gasteiger charge is -2.52. The molecule has 0 amide bonds. The Balaban J connectivity index is 2.43. The lowest BCUT2D eigenvalue weighted by Crippen LogP contribution is -2.74. The molecule has 1 N–H and O–H groups in total. The van der Waals surface area contributed by atoms with Crippen molar-refractivity contribution in [3.63, 3.8) is 0 Å². The van der Waals surface area contributed by atoms with Crippen LogP contribution < -0.4 is 0 Å². The number of hydrogen-bond acceptors (Lipinski definition) is 8. The largest absolute Gasteiger partial charge is 0.643 e. The second kappa shape index (κ2) is 5.81. The summed E-state index contributed by atoms with van der Waals surface area (Å²) in [6.45, 7) is 15.1. The third-order valence-electron chi connectivity index (χ3n) is 2.69. The maximum atomic E-state index is 10.4. The second-order valence-electron chi connectivity index (χ2n) is 7.51. The lowest BCUT2D eigenvalue weighted by atomic mass is 11.9. The van der Waals surface area contributed by atoms with E-state index in [0.29, 0.717) is 0 Å². The lowest BCUT2D eigenvalue weighted by molar-refractivity contribution is 0.0712. The molecule has 0 bridgehead atoms. The SMILES string of the molecule is C[Si]1(C)O[Si](C)(C)O[Si]2(O1)O[Si](C)(C)OS(C)(O)O[Si](C)(C)O2. The summed E-state index contributed by atoms with van der Waals surface area (Å²) in [6.07, 6.45) is 1.53. The van der Waals surface area contributed by atoms with Gasteiger partial charge in [-0.05, 0) is 52.4 Å². The van der Waals surface area contributed by atoms with Crippen LogP contribution in [0.25, 0.3) is 0 Å². The molecule has 0 radical (unpaired) electrons. The van der Waals surface area contributed by atoms with Crippen LogP contribution in [-0.4, -0.2) is 54.1 Å². The Morgan fingerprint density at radius 1 is 0.565 bits per heavy atom. The van der Waals surface area contributed by atoms with Gasteiger partial charge in [0, 0.05) is 6.26 Å². The number of hydrogen-bond donors (Lipinski definition) is 1. The van der Waals surface area contributed by atoms with Crippen LogP contribution in [0.3, 0.4) is 0 Å². The highest BCUT2D eigenvalue weighted by atomic mass is 32.3. The van der Waals surface area contributed by atoms with Gasteiger partial charge in [0.2, 0.25) is 0 Å². The van der Waals surface area contributed by atoms with E-state index in [1.165, 1.54) is 6.26 Å². The summed E-state index contributed by atoms with van der Waals surface area (Å²) in [4.78, 5) is 0. The third kappa shape index (κ3) is 5.54. The third-order valence-corrected chi connectivity index (χ3v) is 24.2. The van der Waals surface area contributed by atoms with E-state index in [1.54, 1.807) is 0 Å². The monoisotopic (exact) mass is 436 g/mol. The molecule has 138 valence electrons. The van der Waals surface area contributed by atoms with E-state index < -0.39 is 54.2 Å². The zero-order valence-electron chi connectivity index (χ0n) is 15.2. The first-order chi connectivity index (χ1) is 9.95. The van der Waals surface area contributed by atoms with Crippen LogP contribution in [0.4, 0.5) is 0 Å². The Morgan fingerprint density at radius 3 is 1.22 bits per heavy atom. The van der Waals surface area contributed by atoms with Crippen molar-refractivity contribution in [1.82, 2.24) is 0 Å². The van der Waals surface area contributed by atoms with Gasteiger partial charge in [0.1, 0.15) is 0 Å². The maximum Gasteiger partial charge on any atom is 0.643 e. The van der Waals surface area contributed by atoms with Gasteiger partial charge in [-0.25, -0.2) is 0 Å². The second-order valence-corrected chi connectivity index (χ2v) is 26.6. The van der Waals surface area contributed by atoms with Gasteiger partial charge < -0.3 is 32.9 Å². The molecule has 1 spiro atoms. The van der Waals surface area contributed by atoms with Crippen LogP contribution in [0.1, 0.15) is 0 Å². The van der Waals surface area contributed by atoms with Gasteiger partial charge in [-0.2, -0.15) is 0 Å². The van der Waals surface area contributed by atoms with Crippen LogP contribution in [-0.2, 0) is 28.3 Å². The van der Waals surface area contributed by atoms with Gasteiger partial charge in [0.25, 0.3) is 0 Å². The topological polar surface area (TPSA) is 84.8 Å². The van der Waals surface area contributed by atoms with Gasteiger partial charge in [-0.1, -0.05) is 0 Å². The van der Waals surface area contributed by atoms with Gasteiger partial charge in [-0.15, -0.1) is 0 Å². The van der Waals surface area contributed by atoms with Crippen molar-refractivity contribution < 1.29 is 32.9 Å². The summed E-state index contributed by atoms with van der Waals surface area (Å²) < 4.78 is 52.9. The normalized spacial score (nSPS) is 35.0. The average Bonchev–Trinajstić information content (AvgIpc) is 1.99. The predicted octanol–water partition coefficient (Wildman–Crippen LogP) is 3.11. The van der Waals surface area contributed by atoms with Crippen molar-refractivity contribution in [2.45, 2.75) is 52.4 Å². The molecule has 2 aliphatic heterocycles. The van der Waals surface area contributed by atoms with Crippen molar-refractivity contribution in [3.05, 3.63) is 0 Å². The molecule has 0 unspecified atom stereocenters. The summed E-state index contributed by atoms with van der Waals surface area (Å²) in [7, 11) is -16.7. The molecule has 14 heteroatoms. The van der Waals surface area contributed by atoms with Crippen LogP contribution in [0.2, 0.25) is 52.4 Å². The Morgan fingerprint density at radius 2 is 0.870 bits per heavy atom. The first-order valence-corrected chi connectivity index (χ1v) is 22.1. The highest BCUT2D eigenvalue weighted by Gasteiger charge is 2.66. The van der Waals surface area contributed by atoms with Gasteiger partial charge in [0.15, 0.2) is 0 Å². The predicted molar refractivity (Wildman–Crippen MR) is 99.4 cm³/mol.